The number of nitrogens with zero attached hydrogens (tertiary/aromatic N) is 5. The van der Waals surface area contributed by atoms with Crippen LogP contribution in [0.3, 0.4) is 0 Å². The van der Waals surface area contributed by atoms with Crippen LogP contribution in [0.15, 0.2) is 49.1 Å². The number of anilines is 1. The second-order valence-electron chi connectivity index (χ2n) is 6.41. The maximum absolute atomic E-state index is 12.6. The molecule has 0 atom stereocenters. The summed E-state index contributed by atoms with van der Waals surface area (Å²) < 4.78 is 8.32. The molecule has 3 aromatic rings. The topological polar surface area (TPSA) is 117 Å². The molecule has 0 bridgehead atoms. The number of rotatable bonds is 7. The summed E-state index contributed by atoms with van der Waals surface area (Å²) in [5.74, 6) is 0.191. The largest absolute Gasteiger partial charge is 0.471 e. The predicted octanol–water partition coefficient (Wildman–Crippen LogP) is 3.05. The van der Waals surface area contributed by atoms with Crippen LogP contribution < -0.4 is 10.1 Å². The molecule has 0 saturated heterocycles. The van der Waals surface area contributed by atoms with E-state index in [1.165, 1.54) is 21.8 Å². The van der Waals surface area contributed by atoms with Crippen LogP contribution in [-0.4, -0.2) is 30.4 Å². The molecule has 28 heavy (non-hydrogen) atoms. The van der Waals surface area contributed by atoms with Crippen LogP contribution in [0, 0.1) is 10.1 Å². The van der Waals surface area contributed by atoms with E-state index in [2.05, 4.69) is 15.5 Å². The number of halogens is 1. The lowest BCUT2D eigenvalue weighted by molar-refractivity contribution is -0.385. The van der Waals surface area contributed by atoms with Gasteiger partial charge >= 0.3 is 5.69 Å². The second kappa shape index (κ2) is 7.69. The molecular weight excluding hydrogens is 388 g/mol. The Morgan fingerprint density at radius 2 is 2.11 bits per heavy atom. The van der Waals surface area contributed by atoms with E-state index in [-0.39, 0.29) is 12.4 Å². The summed E-state index contributed by atoms with van der Waals surface area (Å²) in [6.07, 6.45) is 5.38. The first-order chi connectivity index (χ1) is 13.3. The van der Waals surface area contributed by atoms with E-state index in [0.29, 0.717) is 16.5 Å². The average Bonchev–Trinajstić information content (AvgIpc) is 3.30. The number of amides is 1. The number of carbonyl (C=O) groups excluding carboxylic acids is 1. The smallest absolute Gasteiger partial charge is 0.307 e. The molecule has 0 unspecified atom stereocenters. The molecule has 10 nitrogen and oxygen atoms in total. The molecule has 1 N–H and O–H groups in total. The summed E-state index contributed by atoms with van der Waals surface area (Å²) in [5, 5.41) is 22.1. The molecule has 0 saturated carbocycles. The van der Waals surface area contributed by atoms with Crippen LogP contribution in [0.1, 0.15) is 13.8 Å². The van der Waals surface area contributed by atoms with Crippen LogP contribution in [0.4, 0.5) is 11.4 Å². The molecular formula is C17H17ClN6O4. The van der Waals surface area contributed by atoms with E-state index in [1.807, 2.05) is 0 Å². The molecule has 11 heteroatoms. The lowest BCUT2D eigenvalue weighted by Gasteiger charge is -2.23. The fourth-order valence-electron chi connectivity index (χ4n) is 2.30. The quantitative estimate of drug-likeness (QED) is 0.477. The second-order valence-corrected chi connectivity index (χ2v) is 6.85. The Kier molecular flexibility index (Phi) is 5.32. The van der Waals surface area contributed by atoms with Gasteiger partial charge in [0.05, 0.1) is 23.0 Å². The van der Waals surface area contributed by atoms with E-state index in [9.17, 15) is 14.9 Å². The molecule has 0 aliphatic carbocycles. The molecule has 0 radical (unpaired) electrons. The molecule has 3 rings (SSSR count). The van der Waals surface area contributed by atoms with Crippen LogP contribution in [0.5, 0.6) is 5.75 Å². The van der Waals surface area contributed by atoms with Gasteiger partial charge in [0.2, 0.25) is 0 Å². The average molecular weight is 405 g/mol. The zero-order valence-corrected chi connectivity index (χ0v) is 15.8. The van der Waals surface area contributed by atoms with Crippen molar-refractivity contribution in [2.24, 2.45) is 0 Å². The zero-order chi connectivity index (χ0) is 20.3. The minimum Gasteiger partial charge on any atom is -0.471 e. The van der Waals surface area contributed by atoms with Crippen molar-refractivity contribution in [1.82, 2.24) is 19.6 Å². The van der Waals surface area contributed by atoms with Gasteiger partial charge in [-0.05, 0) is 32.0 Å². The van der Waals surface area contributed by atoms with Crippen LogP contribution in [-0.2, 0) is 17.1 Å². The summed E-state index contributed by atoms with van der Waals surface area (Å²) in [6, 6.07) is 6.96. The minimum atomic E-state index is -1.15. The molecule has 2 heterocycles. The Morgan fingerprint density at radius 1 is 1.32 bits per heavy atom. The van der Waals surface area contributed by atoms with E-state index in [0.717, 1.165) is 6.20 Å². The Morgan fingerprint density at radius 3 is 2.79 bits per heavy atom. The maximum atomic E-state index is 12.6. The number of carbonyl (C=O) groups is 1. The van der Waals surface area contributed by atoms with Gasteiger partial charge in [-0.25, -0.2) is 4.68 Å². The number of nitro groups is 1. The van der Waals surface area contributed by atoms with Gasteiger partial charge in [0, 0.05) is 5.02 Å². The molecule has 1 aromatic carbocycles. The van der Waals surface area contributed by atoms with Gasteiger partial charge < -0.3 is 10.1 Å². The number of aromatic nitrogens is 4. The lowest BCUT2D eigenvalue weighted by Crippen LogP contribution is -2.40. The van der Waals surface area contributed by atoms with E-state index < -0.39 is 16.4 Å². The highest BCUT2D eigenvalue weighted by molar-refractivity contribution is 6.30. The number of benzene rings is 1. The van der Waals surface area contributed by atoms with Gasteiger partial charge in [0.25, 0.3) is 5.91 Å². The van der Waals surface area contributed by atoms with Crippen molar-refractivity contribution in [2.75, 3.05) is 5.32 Å². The van der Waals surface area contributed by atoms with Gasteiger partial charge in [0.15, 0.2) is 6.73 Å². The molecule has 0 fully saturated rings. The Balaban J connectivity index is 1.63. The highest BCUT2D eigenvalue weighted by atomic mass is 35.5. The van der Waals surface area contributed by atoms with E-state index >= 15 is 0 Å². The van der Waals surface area contributed by atoms with Crippen molar-refractivity contribution >= 4 is 28.9 Å². The fraction of sp³-hybridized carbons (Fsp3) is 0.235. The lowest BCUT2D eigenvalue weighted by atomic mass is 10.1. The van der Waals surface area contributed by atoms with Crippen LogP contribution in [0.25, 0.3) is 0 Å². The Hall–Kier alpha value is -3.40. The van der Waals surface area contributed by atoms with Crippen LogP contribution in [0.2, 0.25) is 5.02 Å². The summed E-state index contributed by atoms with van der Waals surface area (Å²) in [6.45, 7) is 3.34. The van der Waals surface area contributed by atoms with E-state index in [4.69, 9.17) is 16.3 Å². The van der Waals surface area contributed by atoms with Crippen molar-refractivity contribution in [3.05, 3.63) is 64.2 Å². The van der Waals surface area contributed by atoms with E-state index in [1.54, 1.807) is 44.3 Å². The first-order valence-corrected chi connectivity index (χ1v) is 8.55. The minimum absolute atomic E-state index is 0.130. The third kappa shape index (κ3) is 4.29. The molecule has 0 aliphatic heterocycles. The fourth-order valence-corrected chi connectivity index (χ4v) is 2.48. The number of hydrogen-bond donors (Lipinski definition) is 1. The molecule has 2 aromatic heterocycles. The molecule has 0 spiro atoms. The SMILES string of the molecule is CC(C)(C(=O)Nc1cnn(COc2cccc(Cl)c2)c1)n1cc([N+](=O)[O-])cn1. The van der Waals surface area contributed by atoms with Gasteiger partial charge in [-0.3, -0.25) is 19.6 Å². The first kappa shape index (κ1) is 19.4. The van der Waals surface area contributed by atoms with Crippen molar-refractivity contribution in [2.45, 2.75) is 26.1 Å². The standard InChI is InChI=1S/C17H17ClN6O4/c1-17(2,23-10-14(8-20-23)24(26)27)16(25)21-13-7-19-22(9-13)11-28-15-5-3-4-12(18)6-15/h3-10H,11H2,1-2H3,(H,21,25). The highest BCUT2D eigenvalue weighted by Gasteiger charge is 2.32. The summed E-state index contributed by atoms with van der Waals surface area (Å²) in [4.78, 5) is 22.9. The Bertz CT molecular complexity index is 1010. The van der Waals surface area contributed by atoms with Gasteiger partial charge in [-0.15, -0.1) is 0 Å². The van der Waals surface area contributed by atoms with Gasteiger partial charge in [0.1, 0.15) is 23.7 Å². The van der Waals surface area contributed by atoms with Gasteiger partial charge in [-0.2, -0.15) is 10.2 Å². The Labute approximate surface area is 164 Å². The summed E-state index contributed by atoms with van der Waals surface area (Å²) in [5.41, 5.74) is -0.880. The van der Waals surface area contributed by atoms with Crippen LogP contribution >= 0.6 is 11.6 Å². The van der Waals surface area contributed by atoms with Crippen molar-refractivity contribution < 1.29 is 14.5 Å². The molecule has 146 valence electrons. The highest BCUT2D eigenvalue weighted by Crippen LogP contribution is 2.21. The zero-order valence-electron chi connectivity index (χ0n) is 15.1. The molecule has 1 amide bonds. The summed E-state index contributed by atoms with van der Waals surface area (Å²) >= 11 is 5.91. The first-order valence-electron chi connectivity index (χ1n) is 8.17. The predicted molar refractivity (Wildman–Crippen MR) is 101 cm³/mol. The van der Waals surface area contributed by atoms with Crippen molar-refractivity contribution in [3.8, 4) is 5.75 Å². The summed E-state index contributed by atoms with van der Waals surface area (Å²) in [7, 11) is 0. The van der Waals surface area contributed by atoms with Gasteiger partial charge in [-0.1, -0.05) is 17.7 Å². The maximum Gasteiger partial charge on any atom is 0.307 e. The third-order valence-electron chi connectivity index (χ3n) is 3.96. The number of nitrogens with one attached hydrogen (secondary N) is 1. The molecule has 0 aliphatic rings. The van der Waals surface area contributed by atoms with Crippen molar-refractivity contribution in [3.63, 3.8) is 0 Å². The normalized spacial score (nSPS) is 11.2. The monoisotopic (exact) mass is 404 g/mol. The third-order valence-corrected chi connectivity index (χ3v) is 4.19. The number of hydrogen-bond acceptors (Lipinski definition) is 6. The van der Waals surface area contributed by atoms with Crippen molar-refractivity contribution in [1.29, 1.82) is 0 Å². The number of ether oxygens (including phenoxy) is 1.